The van der Waals surface area contributed by atoms with Crippen LogP contribution in [0.4, 0.5) is 5.69 Å². The van der Waals surface area contributed by atoms with E-state index in [2.05, 4.69) is 15.2 Å². The van der Waals surface area contributed by atoms with Gasteiger partial charge in [-0.1, -0.05) is 47.1 Å². The molecule has 0 aliphatic carbocycles. The summed E-state index contributed by atoms with van der Waals surface area (Å²) in [6.45, 7) is 5.21. The maximum atomic E-state index is 13.0. The largest absolute Gasteiger partial charge is 0.495 e. The van der Waals surface area contributed by atoms with Crippen molar-refractivity contribution in [2.45, 2.75) is 32.2 Å². The molecule has 2 aromatic carbocycles. The first-order valence-electron chi connectivity index (χ1n) is 9.85. The highest BCUT2D eigenvalue weighted by Gasteiger charge is 2.20. The molecule has 32 heavy (non-hydrogen) atoms. The Morgan fingerprint density at radius 2 is 1.94 bits per heavy atom. The molecule has 2 N–H and O–H groups in total. The van der Waals surface area contributed by atoms with Gasteiger partial charge < -0.3 is 14.6 Å². The van der Waals surface area contributed by atoms with E-state index >= 15 is 0 Å². The molecular formula is C23H25N3O5S. The highest BCUT2D eigenvalue weighted by Crippen LogP contribution is 2.27. The van der Waals surface area contributed by atoms with Crippen LogP contribution >= 0.6 is 0 Å². The van der Waals surface area contributed by atoms with Crippen LogP contribution in [0.3, 0.4) is 0 Å². The highest BCUT2D eigenvalue weighted by molar-refractivity contribution is 7.89. The molecule has 0 aliphatic heterocycles. The number of rotatable bonds is 8. The number of sulfonamides is 1. The SMILES string of the molecule is COc1ccc(/C=C\c2onc(C)c2NC(C)=O)cc1S(=O)(=O)NCc1cccc(C)c1. The normalized spacial score (nSPS) is 11.6. The molecule has 3 aromatic rings. The second-order valence-electron chi connectivity index (χ2n) is 7.25. The fourth-order valence-corrected chi connectivity index (χ4v) is 4.31. The predicted molar refractivity (Wildman–Crippen MR) is 123 cm³/mol. The van der Waals surface area contributed by atoms with E-state index in [0.717, 1.165) is 11.1 Å². The van der Waals surface area contributed by atoms with Gasteiger partial charge in [0, 0.05) is 13.5 Å². The summed E-state index contributed by atoms with van der Waals surface area (Å²) in [5.41, 5.74) is 3.51. The van der Waals surface area contributed by atoms with Crippen LogP contribution in [0.15, 0.2) is 51.9 Å². The number of carbonyl (C=O) groups is 1. The van der Waals surface area contributed by atoms with Crippen molar-refractivity contribution in [1.29, 1.82) is 0 Å². The van der Waals surface area contributed by atoms with E-state index in [1.807, 2.05) is 31.2 Å². The van der Waals surface area contributed by atoms with Crippen molar-refractivity contribution in [3.8, 4) is 5.75 Å². The number of nitrogens with zero attached hydrogens (tertiary/aromatic N) is 1. The van der Waals surface area contributed by atoms with E-state index in [0.29, 0.717) is 22.7 Å². The molecule has 1 aromatic heterocycles. The van der Waals surface area contributed by atoms with Crippen molar-refractivity contribution < 1.29 is 22.5 Å². The smallest absolute Gasteiger partial charge is 0.244 e. The Kier molecular flexibility index (Phi) is 7.12. The molecule has 0 spiro atoms. The Hall–Kier alpha value is -3.43. The van der Waals surface area contributed by atoms with Crippen LogP contribution in [0.25, 0.3) is 12.2 Å². The minimum Gasteiger partial charge on any atom is -0.495 e. The van der Waals surface area contributed by atoms with Crippen LogP contribution in [0.1, 0.15) is 35.1 Å². The molecule has 8 nitrogen and oxygen atoms in total. The lowest BCUT2D eigenvalue weighted by Crippen LogP contribution is -2.24. The van der Waals surface area contributed by atoms with Gasteiger partial charge >= 0.3 is 0 Å². The molecule has 168 valence electrons. The van der Waals surface area contributed by atoms with Gasteiger partial charge in [-0.2, -0.15) is 0 Å². The molecule has 1 heterocycles. The summed E-state index contributed by atoms with van der Waals surface area (Å²) >= 11 is 0. The number of benzene rings is 2. The van der Waals surface area contributed by atoms with E-state index in [1.54, 1.807) is 31.2 Å². The number of carbonyl (C=O) groups excluding carboxylic acids is 1. The fourth-order valence-electron chi connectivity index (χ4n) is 3.09. The Morgan fingerprint density at radius 1 is 1.16 bits per heavy atom. The first-order chi connectivity index (χ1) is 15.2. The summed E-state index contributed by atoms with van der Waals surface area (Å²) in [5, 5.41) is 6.53. The van der Waals surface area contributed by atoms with Gasteiger partial charge in [-0.15, -0.1) is 0 Å². The molecule has 0 saturated carbocycles. The second-order valence-corrected chi connectivity index (χ2v) is 8.98. The zero-order valence-electron chi connectivity index (χ0n) is 18.3. The van der Waals surface area contributed by atoms with Gasteiger partial charge in [-0.3, -0.25) is 4.79 Å². The van der Waals surface area contributed by atoms with Gasteiger partial charge in [0.25, 0.3) is 0 Å². The van der Waals surface area contributed by atoms with Crippen LogP contribution in [-0.2, 0) is 21.4 Å². The molecule has 0 saturated heterocycles. The third-order valence-corrected chi connectivity index (χ3v) is 6.07. The summed E-state index contributed by atoms with van der Waals surface area (Å²) in [6, 6.07) is 12.4. The molecule has 3 rings (SSSR count). The van der Waals surface area contributed by atoms with Gasteiger partial charge in [0.15, 0.2) is 5.76 Å². The van der Waals surface area contributed by atoms with Crippen molar-refractivity contribution in [3.63, 3.8) is 0 Å². The summed E-state index contributed by atoms with van der Waals surface area (Å²) in [6.07, 6.45) is 3.29. The number of anilines is 1. The van der Waals surface area contributed by atoms with Crippen LogP contribution in [0.2, 0.25) is 0 Å². The number of methoxy groups -OCH3 is 1. The van der Waals surface area contributed by atoms with Gasteiger partial charge in [0.05, 0.1) is 7.11 Å². The summed E-state index contributed by atoms with van der Waals surface area (Å²) in [4.78, 5) is 11.4. The molecule has 0 bridgehead atoms. The van der Waals surface area contributed by atoms with Crippen LogP contribution in [-0.4, -0.2) is 26.6 Å². The number of aryl methyl sites for hydroxylation is 2. The molecule has 0 unspecified atom stereocenters. The Bertz CT molecular complexity index is 1260. The van der Waals surface area contributed by atoms with Crippen molar-refractivity contribution in [1.82, 2.24) is 9.88 Å². The van der Waals surface area contributed by atoms with E-state index < -0.39 is 10.0 Å². The van der Waals surface area contributed by atoms with E-state index in [4.69, 9.17) is 9.26 Å². The van der Waals surface area contributed by atoms with Gasteiger partial charge in [-0.25, -0.2) is 13.1 Å². The zero-order chi connectivity index (χ0) is 23.3. The number of aromatic nitrogens is 1. The minimum atomic E-state index is -3.84. The average molecular weight is 456 g/mol. The summed E-state index contributed by atoms with van der Waals surface area (Å²) in [7, 11) is -2.42. The van der Waals surface area contributed by atoms with Crippen molar-refractivity contribution in [2.24, 2.45) is 0 Å². The number of ether oxygens (including phenoxy) is 1. The first kappa shape index (κ1) is 23.2. The maximum absolute atomic E-state index is 13.0. The van der Waals surface area contributed by atoms with Gasteiger partial charge in [-0.05, 0) is 43.2 Å². The molecule has 0 fully saturated rings. The predicted octanol–water partition coefficient (Wildman–Crippen LogP) is 3.91. The summed E-state index contributed by atoms with van der Waals surface area (Å²) in [5.74, 6) is 0.340. The van der Waals surface area contributed by atoms with E-state index in [-0.39, 0.29) is 23.1 Å². The van der Waals surface area contributed by atoms with Gasteiger partial charge in [0.2, 0.25) is 15.9 Å². The second kappa shape index (κ2) is 9.80. The maximum Gasteiger partial charge on any atom is 0.244 e. The number of hydrogen-bond donors (Lipinski definition) is 2. The van der Waals surface area contributed by atoms with Gasteiger partial charge in [0.1, 0.15) is 22.0 Å². The zero-order valence-corrected chi connectivity index (χ0v) is 19.1. The third-order valence-electron chi connectivity index (χ3n) is 4.64. The minimum absolute atomic E-state index is 0.0191. The topological polar surface area (TPSA) is 111 Å². The monoisotopic (exact) mass is 455 g/mol. The highest BCUT2D eigenvalue weighted by atomic mass is 32.2. The number of amides is 1. The number of nitrogens with one attached hydrogen (secondary N) is 2. The van der Waals surface area contributed by atoms with Crippen molar-refractivity contribution in [3.05, 3.63) is 70.6 Å². The van der Waals surface area contributed by atoms with Crippen LogP contribution < -0.4 is 14.8 Å². The lowest BCUT2D eigenvalue weighted by molar-refractivity contribution is -0.114. The molecular weight excluding hydrogens is 430 g/mol. The van der Waals surface area contributed by atoms with Crippen LogP contribution in [0, 0.1) is 13.8 Å². The fraction of sp³-hybridized carbons (Fsp3) is 0.217. The Morgan fingerprint density at radius 3 is 2.62 bits per heavy atom. The summed E-state index contributed by atoms with van der Waals surface area (Å²) < 4.78 is 39.1. The Balaban J connectivity index is 1.87. The van der Waals surface area contributed by atoms with Crippen LogP contribution in [0.5, 0.6) is 5.75 Å². The number of hydrogen-bond acceptors (Lipinski definition) is 6. The molecule has 0 atom stereocenters. The van der Waals surface area contributed by atoms with E-state index in [9.17, 15) is 13.2 Å². The Labute approximate surface area is 187 Å². The molecule has 1 amide bonds. The first-order valence-corrected chi connectivity index (χ1v) is 11.3. The molecule has 9 heteroatoms. The van der Waals surface area contributed by atoms with E-state index in [1.165, 1.54) is 20.1 Å². The lowest BCUT2D eigenvalue weighted by Gasteiger charge is -2.12. The van der Waals surface area contributed by atoms with Crippen molar-refractivity contribution in [2.75, 3.05) is 12.4 Å². The molecule has 0 radical (unpaired) electrons. The molecule has 0 aliphatic rings. The van der Waals surface area contributed by atoms with Crippen molar-refractivity contribution >= 4 is 33.8 Å². The quantitative estimate of drug-likeness (QED) is 0.533. The average Bonchev–Trinajstić information content (AvgIpc) is 3.09. The lowest BCUT2D eigenvalue weighted by atomic mass is 10.1. The third kappa shape index (κ3) is 5.63. The standard InChI is InChI=1S/C23H25N3O5S/c1-15-6-5-7-19(12-15)14-24-32(28,29)22-13-18(8-10-20(22)30-4)9-11-21-23(25-17(3)27)16(2)26-31-21/h5-13,24H,14H2,1-4H3,(H,25,27)/b11-9-.